The lowest BCUT2D eigenvalue weighted by molar-refractivity contribution is 1.30. The Bertz CT molecular complexity index is 222. The molecular formula is C6H4Cl2N. The minimum atomic E-state index is 0.363. The summed E-state index contributed by atoms with van der Waals surface area (Å²) in [6.07, 6.45) is 0. The van der Waals surface area contributed by atoms with Crippen molar-refractivity contribution in [3.05, 3.63) is 34.9 Å². The molecule has 0 spiro atoms. The number of halogens is 2. The maximum Gasteiger partial charge on any atom is 0.134 e. The highest BCUT2D eigenvalue weighted by molar-refractivity contribution is 6.32. The summed E-state index contributed by atoms with van der Waals surface area (Å²) in [6.45, 7) is 3.61. The zero-order valence-electron chi connectivity index (χ0n) is 4.56. The van der Waals surface area contributed by atoms with Crippen LogP contribution >= 0.6 is 23.2 Å². The number of hydrogen-bond donors (Lipinski definition) is 0. The Balaban J connectivity index is 3.17. The van der Waals surface area contributed by atoms with Gasteiger partial charge in [-0.1, -0.05) is 29.3 Å². The molecule has 9 heavy (non-hydrogen) atoms. The molecule has 0 atom stereocenters. The highest BCUT2D eigenvalue weighted by Gasteiger charge is 1.94. The molecule has 1 radical (unpaired) electrons. The first-order chi connectivity index (χ1) is 4.20. The topological polar surface area (TPSA) is 12.9 Å². The molecule has 0 fully saturated rings. The van der Waals surface area contributed by atoms with E-state index >= 15 is 0 Å². The van der Waals surface area contributed by atoms with Crippen LogP contribution in [0.4, 0.5) is 0 Å². The molecular weight excluding hydrogens is 157 g/mol. The minimum Gasteiger partial charge on any atom is -0.224 e. The minimum absolute atomic E-state index is 0.363. The van der Waals surface area contributed by atoms with Gasteiger partial charge in [0.25, 0.3) is 0 Å². The lowest BCUT2D eigenvalue weighted by Crippen LogP contribution is -1.79. The molecule has 0 aliphatic carbocycles. The Morgan fingerprint density at radius 2 is 2.00 bits per heavy atom. The van der Waals surface area contributed by atoms with Crippen molar-refractivity contribution in [3.63, 3.8) is 0 Å². The van der Waals surface area contributed by atoms with E-state index in [-0.39, 0.29) is 0 Å². The molecule has 1 heterocycles. The van der Waals surface area contributed by atoms with Crippen molar-refractivity contribution in [2.45, 2.75) is 0 Å². The summed E-state index contributed by atoms with van der Waals surface area (Å²) in [4.78, 5) is 3.74. The fourth-order valence-corrected chi connectivity index (χ4v) is 0.786. The molecule has 1 nitrogen and oxygen atoms in total. The fourth-order valence-electron chi connectivity index (χ4n) is 0.441. The van der Waals surface area contributed by atoms with Gasteiger partial charge in [0.15, 0.2) is 0 Å². The van der Waals surface area contributed by atoms with Gasteiger partial charge in [0.05, 0.1) is 0 Å². The van der Waals surface area contributed by atoms with Gasteiger partial charge in [-0.05, 0) is 18.6 Å². The fraction of sp³-hybridized carbons (Fsp3) is 0. The lowest BCUT2D eigenvalue weighted by Gasteiger charge is -1.93. The van der Waals surface area contributed by atoms with Crippen LogP contribution in [0.3, 0.4) is 0 Å². The Morgan fingerprint density at radius 3 is 2.44 bits per heavy atom. The van der Waals surface area contributed by atoms with E-state index in [1.807, 2.05) is 0 Å². The van der Waals surface area contributed by atoms with Crippen molar-refractivity contribution in [1.29, 1.82) is 0 Å². The molecule has 0 N–H and O–H groups in total. The molecule has 0 saturated heterocycles. The summed E-state index contributed by atoms with van der Waals surface area (Å²) in [6, 6.07) is 3.37. The normalized spacial score (nSPS) is 9.67. The van der Waals surface area contributed by atoms with Crippen LogP contribution in [0.1, 0.15) is 5.56 Å². The standard InChI is InChI=1S/C6H4Cl2N/c1-4-2-3-5(7)9-6(4)8/h2-3H,1H2. The summed E-state index contributed by atoms with van der Waals surface area (Å²) in [5.41, 5.74) is 0.695. The van der Waals surface area contributed by atoms with Crippen LogP contribution in [-0.4, -0.2) is 4.98 Å². The monoisotopic (exact) mass is 160 g/mol. The van der Waals surface area contributed by atoms with E-state index in [1.54, 1.807) is 12.1 Å². The van der Waals surface area contributed by atoms with Crippen molar-refractivity contribution in [2.75, 3.05) is 0 Å². The molecule has 3 heteroatoms. The molecule has 0 saturated carbocycles. The summed E-state index contributed by atoms with van der Waals surface area (Å²) in [5, 5.41) is 0.759. The zero-order chi connectivity index (χ0) is 6.85. The van der Waals surface area contributed by atoms with Crippen LogP contribution in [0.15, 0.2) is 12.1 Å². The molecule has 1 aromatic rings. The van der Waals surface area contributed by atoms with Gasteiger partial charge in [0, 0.05) is 0 Å². The summed E-state index contributed by atoms with van der Waals surface area (Å²) in [5.74, 6) is 0. The second-order valence-corrected chi connectivity index (χ2v) is 2.33. The lowest BCUT2D eigenvalue weighted by atomic mass is 10.3. The molecule has 0 aliphatic heterocycles. The first kappa shape index (κ1) is 6.84. The molecule has 0 aromatic carbocycles. The van der Waals surface area contributed by atoms with Gasteiger partial charge < -0.3 is 0 Å². The van der Waals surface area contributed by atoms with Crippen LogP contribution < -0.4 is 0 Å². The average molecular weight is 161 g/mol. The smallest absolute Gasteiger partial charge is 0.134 e. The van der Waals surface area contributed by atoms with E-state index in [9.17, 15) is 0 Å². The second-order valence-electron chi connectivity index (χ2n) is 1.58. The maximum absolute atomic E-state index is 5.56. The zero-order valence-corrected chi connectivity index (χ0v) is 6.08. The Hall–Kier alpha value is -0.270. The molecule has 0 bridgehead atoms. The number of nitrogens with zero attached hydrogens (tertiary/aromatic N) is 1. The highest BCUT2D eigenvalue weighted by Crippen LogP contribution is 2.14. The predicted octanol–water partition coefficient (Wildman–Crippen LogP) is 2.57. The predicted molar refractivity (Wildman–Crippen MR) is 38.7 cm³/mol. The number of pyridine rings is 1. The van der Waals surface area contributed by atoms with Crippen LogP contribution in [-0.2, 0) is 0 Å². The van der Waals surface area contributed by atoms with Gasteiger partial charge >= 0.3 is 0 Å². The van der Waals surface area contributed by atoms with Gasteiger partial charge in [-0.15, -0.1) is 0 Å². The third-order valence-electron chi connectivity index (χ3n) is 0.892. The molecule has 1 rings (SSSR count). The molecule has 0 aliphatic rings. The summed E-state index contributed by atoms with van der Waals surface area (Å²) in [7, 11) is 0. The van der Waals surface area contributed by atoms with Gasteiger partial charge in [0.1, 0.15) is 10.3 Å². The second kappa shape index (κ2) is 2.54. The first-order valence-electron chi connectivity index (χ1n) is 2.34. The van der Waals surface area contributed by atoms with E-state index in [1.165, 1.54) is 0 Å². The van der Waals surface area contributed by atoms with E-state index in [2.05, 4.69) is 11.9 Å². The Labute approximate surface area is 63.6 Å². The van der Waals surface area contributed by atoms with Gasteiger partial charge in [-0.25, -0.2) is 4.98 Å². The average Bonchev–Trinajstić information content (AvgIpc) is 1.80. The van der Waals surface area contributed by atoms with Crippen LogP contribution in [0, 0.1) is 6.92 Å². The van der Waals surface area contributed by atoms with Crippen molar-refractivity contribution in [2.24, 2.45) is 0 Å². The van der Waals surface area contributed by atoms with Gasteiger partial charge in [0.2, 0.25) is 0 Å². The maximum atomic E-state index is 5.56. The third kappa shape index (κ3) is 1.57. The SMILES string of the molecule is [CH2]c1ccc(Cl)nc1Cl. The van der Waals surface area contributed by atoms with E-state index in [0.717, 1.165) is 0 Å². The van der Waals surface area contributed by atoms with Crippen molar-refractivity contribution < 1.29 is 0 Å². The Kier molecular flexibility index (Phi) is 1.94. The quantitative estimate of drug-likeness (QED) is 0.532. The summed E-state index contributed by atoms with van der Waals surface area (Å²) < 4.78 is 0. The molecule has 0 unspecified atom stereocenters. The third-order valence-corrected chi connectivity index (χ3v) is 1.43. The van der Waals surface area contributed by atoms with Crippen molar-refractivity contribution >= 4 is 23.2 Å². The van der Waals surface area contributed by atoms with E-state index in [0.29, 0.717) is 15.9 Å². The number of aromatic nitrogens is 1. The number of hydrogen-bond acceptors (Lipinski definition) is 1. The van der Waals surface area contributed by atoms with Gasteiger partial charge in [-0.3, -0.25) is 0 Å². The van der Waals surface area contributed by atoms with Crippen LogP contribution in [0.5, 0.6) is 0 Å². The van der Waals surface area contributed by atoms with Crippen LogP contribution in [0.25, 0.3) is 0 Å². The largest absolute Gasteiger partial charge is 0.224 e. The van der Waals surface area contributed by atoms with Crippen molar-refractivity contribution in [1.82, 2.24) is 4.98 Å². The van der Waals surface area contributed by atoms with Gasteiger partial charge in [-0.2, -0.15) is 0 Å². The van der Waals surface area contributed by atoms with Crippen LogP contribution in [0.2, 0.25) is 10.3 Å². The molecule has 0 amide bonds. The molecule has 1 aromatic heterocycles. The first-order valence-corrected chi connectivity index (χ1v) is 3.10. The number of rotatable bonds is 0. The highest BCUT2D eigenvalue weighted by atomic mass is 35.5. The Morgan fingerprint density at radius 1 is 1.33 bits per heavy atom. The van der Waals surface area contributed by atoms with Crippen molar-refractivity contribution in [3.8, 4) is 0 Å². The summed E-state index contributed by atoms with van der Waals surface area (Å²) >= 11 is 11.0. The molecule has 47 valence electrons. The van der Waals surface area contributed by atoms with E-state index < -0.39 is 0 Å². The van der Waals surface area contributed by atoms with E-state index in [4.69, 9.17) is 23.2 Å².